The zero-order valence-corrected chi connectivity index (χ0v) is 16.4. The van der Waals surface area contributed by atoms with Crippen LogP contribution in [0.5, 0.6) is 11.5 Å². The van der Waals surface area contributed by atoms with Gasteiger partial charge in [-0.1, -0.05) is 28.1 Å². The minimum Gasteiger partial charge on any atom is -0.508 e. The topological polar surface area (TPSA) is 72.0 Å². The fourth-order valence-corrected chi connectivity index (χ4v) is 4.20. The normalized spacial score (nSPS) is 11.6. The fraction of sp³-hybridized carbons (Fsp3) is 0.0435. The first-order chi connectivity index (χ1) is 13.6. The van der Waals surface area contributed by atoms with Crippen LogP contribution in [0, 0.1) is 0 Å². The van der Waals surface area contributed by atoms with E-state index in [0.717, 1.165) is 43.0 Å². The highest BCUT2D eigenvalue weighted by Crippen LogP contribution is 2.40. The molecule has 3 aromatic carbocycles. The third-order valence-electron chi connectivity index (χ3n) is 5.22. The Bertz CT molecular complexity index is 1220. The highest BCUT2D eigenvalue weighted by molar-refractivity contribution is 9.10. The quantitative estimate of drug-likeness (QED) is 0.282. The first kappa shape index (κ1) is 17.0. The van der Waals surface area contributed by atoms with Gasteiger partial charge >= 0.3 is 0 Å². The molecule has 0 spiro atoms. The molecule has 4 N–H and O–H groups in total. The summed E-state index contributed by atoms with van der Waals surface area (Å²) in [5, 5.41) is 21.8. The van der Waals surface area contributed by atoms with Crippen molar-refractivity contribution in [3.8, 4) is 11.5 Å². The van der Waals surface area contributed by atoms with E-state index in [4.69, 9.17) is 0 Å². The summed E-state index contributed by atoms with van der Waals surface area (Å²) >= 11 is 3.52. The van der Waals surface area contributed by atoms with E-state index in [1.165, 1.54) is 0 Å². The minimum absolute atomic E-state index is 0.00955. The Balaban J connectivity index is 1.78. The van der Waals surface area contributed by atoms with Gasteiger partial charge in [-0.2, -0.15) is 0 Å². The first-order valence-electron chi connectivity index (χ1n) is 8.95. The smallest absolute Gasteiger partial charge is 0.117 e. The Morgan fingerprint density at radius 1 is 0.679 bits per heavy atom. The number of halogens is 1. The molecule has 5 rings (SSSR count). The molecule has 138 valence electrons. The number of phenolic OH excluding ortho intramolecular Hbond substituents is 2. The number of fused-ring (bicyclic) bond motifs is 2. The monoisotopic (exact) mass is 432 g/mol. The van der Waals surface area contributed by atoms with Gasteiger partial charge in [0.05, 0.1) is 0 Å². The van der Waals surface area contributed by atoms with Gasteiger partial charge in [-0.15, -0.1) is 0 Å². The molecule has 0 atom stereocenters. The molecule has 28 heavy (non-hydrogen) atoms. The second-order valence-electron chi connectivity index (χ2n) is 6.93. The van der Waals surface area contributed by atoms with Crippen molar-refractivity contribution >= 4 is 37.7 Å². The van der Waals surface area contributed by atoms with Gasteiger partial charge in [0.1, 0.15) is 11.5 Å². The lowest BCUT2D eigenvalue weighted by Gasteiger charge is -2.17. The molecule has 0 unspecified atom stereocenters. The molecule has 0 amide bonds. The zero-order valence-electron chi connectivity index (χ0n) is 14.8. The Hall–Kier alpha value is -3.18. The maximum atomic E-state index is 9.82. The number of aromatic nitrogens is 2. The lowest BCUT2D eigenvalue weighted by molar-refractivity contribution is 0.475. The number of nitrogens with one attached hydrogen (secondary N) is 2. The number of aromatic amines is 2. The molecule has 5 heteroatoms. The lowest BCUT2D eigenvalue weighted by Crippen LogP contribution is -2.02. The molecule has 2 heterocycles. The molecule has 4 nitrogen and oxygen atoms in total. The summed E-state index contributed by atoms with van der Waals surface area (Å²) in [6.45, 7) is 0. The van der Waals surface area contributed by atoms with E-state index in [1.807, 2.05) is 36.7 Å². The number of hydrogen-bond donors (Lipinski definition) is 4. The van der Waals surface area contributed by atoms with Crippen LogP contribution in [0.4, 0.5) is 0 Å². The van der Waals surface area contributed by atoms with Gasteiger partial charge in [0, 0.05) is 56.7 Å². The molecule has 0 saturated carbocycles. The number of benzene rings is 3. The molecule has 2 aromatic heterocycles. The van der Waals surface area contributed by atoms with E-state index in [1.54, 1.807) is 24.3 Å². The second-order valence-corrected chi connectivity index (χ2v) is 7.85. The van der Waals surface area contributed by atoms with Gasteiger partial charge in [0.2, 0.25) is 0 Å². The predicted octanol–water partition coefficient (Wildman–Crippen LogP) is 6.00. The SMILES string of the molecule is Oc1ccc2c(C(c3ccc(Br)cc3)c3c[nH]c4cc(O)ccc34)c[nH]c2c1. The Morgan fingerprint density at radius 2 is 1.18 bits per heavy atom. The Kier molecular flexibility index (Phi) is 3.91. The van der Waals surface area contributed by atoms with Crippen LogP contribution in [0.2, 0.25) is 0 Å². The average Bonchev–Trinajstić information content (AvgIpc) is 3.28. The molecule has 0 aliphatic rings. The van der Waals surface area contributed by atoms with Gasteiger partial charge in [0.25, 0.3) is 0 Å². The molecule has 5 aromatic rings. The van der Waals surface area contributed by atoms with Crippen LogP contribution < -0.4 is 0 Å². The predicted molar refractivity (Wildman–Crippen MR) is 115 cm³/mol. The molecule has 0 saturated heterocycles. The average molecular weight is 433 g/mol. The third-order valence-corrected chi connectivity index (χ3v) is 5.75. The van der Waals surface area contributed by atoms with Crippen molar-refractivity contribution in [1.29, 1.82) is 0 Å². The van der Waals surface area contributed by atoms with Crippen LogP contribution in [-0.4, -0.2) is 20.2 Å². The molecular formula is C23H17BrN2O2. The van der Waals surface area contributed by atoms with Crippen LogP contribution in [0.3, 0.4) is 0 Å². The second kappa shape index (κ2) is 6.46. The number of hydrogen-bond acceptors (Lipinski definition) is 2. The van der Waals surface area contributed by atoms with Crippen LogP contribution in [0.1, 0.15) is 22.6 Å². The van der Waals surface area contributed by atoms with Crippen molar-refractivity contribution in [3.05, 3.63) is 94.2 Å². The number of rotatable bonds is 3. The zero-order chi connectivity index (χ0) is 19.3. The summed E-state index contributed by atoms with van der Waals surface area (Å²) < 4.78 is 1.03. The molecular weight excluding hydrogens is 416 g/mol. The summed E-state index contributed by atoms with van der Waals surface area (Å²) in [4.78, 5) is 6.58. The molecule has 0 bridgehead atoms. The minimum atomic E-state index is -0.00955. The molecule has 0 aliphatic heterocycles. The summed E-state index contributed by atoms with van der Waals surface area (Å²) in [5.74, 6) is 0.469. The van der Waals surface area contributed by atoms with Crippen LogP contribution >= 0.6 is 15.9 Å². The maximum absolute atomic E-state index is 9.82. The van der Waals surface area contributed by atoms with Crippen molar-refractivity contribution in [2.75, 3.05) is 0 Å². The van der Waals surface area contributed by atoms with Crippen LogP contribution in [0.15, 0.2) is 77.5 Å². The van der Waals surface area contributed by atoms with E-state index in [9.17, 15) is 10.2 Å². The molecule has 0 aliphatic carbocycles. The summed E-state index contributed by atoms with van der Waals surface area (Å²) in [6.07, 6.45) is 4.02. The summed E-state index contributed by atoms with van der Waals surface area (Å²) in [7, 11) is 0. The van der Waals surface area contributed by atoms with E-state index in [0.29, 0.717) is 0 Å². The highest BCUT2D eigenvalue weighted by atomic mass is 79.9. The van der Waals surface area contributed by atoms with Gasteiger partial charge in [-0.3, -0.25) is 0 Å². The van der Waals surface area contributed by atoms with E-state index in [2.05, 4.69) is 38.0 Å². The van der Waals surface area contributed by atoms with Gasteiger partial charge in [-0.25, -0.2) is 0 Å². The maximum Gasteiger partial charge on any atom is 0.117 e. The van der Waals surface area contributed by atoms with E-state index >= 15 is 0 Å². The fourth-order valence-electron chi connectivity index (χ4n) is 3.93. The summed E-state index contributed by atoms with van der Waals surface area (Å²) in [6, 6.07) is 19.1. The van der Waals surface area contributed by atoms with Crippen molar-refractivity contribution in [3.63, 3.8) is 0 Å². The van der Waals surface area contributed by atoms with Crippen molar-refractivity contribution in [2.24, 2.45) is 0 Å². The highest BCUT2D eigenvalue weighted by Gasteiger charge is 2.23. The Morgan fingerprint density at radius 3 is 1.68 bits per heavy atom. The van der Waals surface area contributed by atoms with Crippen molar-refractivity contribution < 1.29 is 10.2 Å². The number of H-pyrrole nitrogens is 2. The molecule has 0 fully saturated rings. The van der Waals surface area contributed by atoms with Crippen molar-refractivity contribution in [2.45, 2.75) is 5.92 Å². The van der Waals surface area contributed by atoms with E-state index in [-0.39, 0.29) is 17.4 Å². The van der Waals surface area contributed by atoms with Crippen molar-refractivity contribution in [1.82, 2.24) is 9.97 Å². The number of phenols is 2. The third kappa shape index (κ3) is 2.75. The Labute approximate surface area is 169 Å². The largest absolute Gasteiger partial charge is 0.508 e. The standard InChI is InChI=1S/C23H17BrN2O2/c24-14-3-1-13(2-4-14)23(19-11-25-21-9-15(27)5-7-17(19)21)20-12-26-22-10-16(28)6-8-18(20)22/h1-12,23,25-28H. The van der Waals surface area contributed by atoms with Gasteiger partial charge in [0.15, 0.2) is 0 Å². The van der Waals surface area contributed by atoms with Gasteiger partial charge in [-0.05, 0) is 53.1 Å². The summed E-state index contributed by atoms with van der Waals surface area (Å²) in [5.41, 5.74) is 5.22. The van der Waals surface area contributed by atoms with Crippen LogP contribution in [-0.2, 0) is 0 Å². The lowest BCUT2D eigenvalue weighted by atomic mass is 9.85. The van der Waals surface area contributed by atoms with E-state index < -0.39 is 0 Å². The number of aromatic hydroxyl groups is 2. The first-order valence-corrected chi connectivity index (χ1v) is 9.75. The van der Waals surface area contributed by atoms with Gasteiger partial charge < -0.3 is 20.2 Å². The molecule has 0 radical (unpaired) electrons. The van der Waals surface area contributed by atoms with Crippen LogP contribution in [0.25, 0.3) is 21.8 Å².